The maximum Gasteiger partial charge on any atom is 0.162 e. The van der Waals surface area contributed by atoms with Gasteiger partial charge in [-0.1, -0.05) is 13.8 Å². The highest BCUT2D eigenvalue weighted by Crippen LogP contribution is 2.62. The summed E-state index contributed by atoms with van der Waals surface area (Å²) in [6.07, 6.45) is 2.27. The molecule has 3 heteroatoms. The van der Waals surface area contributed by atoms with Crippen LogP contribution in [0.1, 0.15) is 38.2 Å². The Morgan fingerprint density at radius 2 is 1.88 bits per heavy atom. The third-order valence-electron chi connectivity index (χ3n) is 4.12. The van der Waals surface area contributed by atoms with Crippen LogP contribution in [-0.4, -0.2) is 6.61 Å². The fourth-order valence-corrected chi connectivity index (χ4v) is 3.24. The molecule has 3 rings (SSSR count). The molecule has 1 aromatic carbocycles. The normalized spacial score (nSPS) is 24.6. The van der Waals surface area contributed by atoms with E-state index in [9.17, 15) is 8.78 Å². The number of hydrogen-bond acceptors (Lipinski definition) is 1. The van der Waals surface area contributed by atoms with Crippen LogP contribution in [0.5, 0.6) is 5.75 Å². The first-order valence-electron chi connectivity index (χ1n) is 6.15. The molecule has 1 nitrogen and oxygen atoms in total. The van der Waals surface area contributed by atoms with Crippen molar-refractivity contribution in [2.45, 2.75) is 32.6 Å². The number of benzene rings is 1. The predicted octanol–water partition coefficient (Wildman–Crippen LogP) is 3.88. The van der Waals surface area contributed by atoms with Crippen LogP contribution < -0.4 is 4.74 Å². The SMILES string of the molecule is CC(C)C1c2cc(F)c(F)cc2OCC12CC2. The van der Waals surface area contributed by atoms with Crippen LogP contribution in [0.3, 0.4) is 0 Å². The van der Waals surface area contributed by atoms with Gasteiger partial charge in [0.1, 0.15) is 5.75 Å². The van der Waals surface area contributed by atoms with Crippen molar-refractivity contribution in [2.24, 2.45) is 11.3 Å². The van der Waals surface area contributed by atoms with Crippen LogP contribution in [0.15, 0.2) is 12.1 Å². The molecule has 0 N–H and O–H groups in total. The van der Waals surface area contributed by atoms with Gasteiger partial charge in [0.05, 0.1) is 6.61 Å². The molecule has 1 aliphatic carbocycles. The van der Waals surface area contributed by atoms with Gasteiger partial charge in [0.15, 0.2) is 11.6 Å². The zero-order valence-electron chi connectivity index (χ0n) is 10.1. The number of fused-ring (bicyclic) bond motifs is 1. The molecule has 1 heterocycles. The highest BCUT2D eigenvalue weighted by Gasteiger charge is 2.54. The second kappa shape index (κ2) is 3.44. The van der Waals surface area contributed by atoms with Crippen LogP contribution in [0.2, 0.25) is 0 Å². The highest BCUT2D eigenvalue weighted by atomic mass is 19.2. The molecule has 1 atom stereocenters. The van der Waals surface area contributed by atoms with Crippen molar-refractivity contribution in [3.63, 3.8) is 0 Å². The molecule has 1 fully saturated rings. The van der Waals surface area contributed by atoms with E-state index < -0.39 is 11.6 Å². The summed E-state index contributed by atoms with van der Waals surface area (Å²) in [5, 5.41) is 0. The Morgan fingerprint density at radius 1 is 1.24 bits per heavy atom. The quantitative estimate of drug-likeness (QED) is 0.721. The van der Waals surface area contributed by atoms with Gasteiger partial charge in [-0.25, -0.2) is 8.78 Å². The predicted molar refractivity (Wildman–Crippen MR) is 61.1 cm³/mol. The van der Waals surface area contributed by atoms with E-state index in [-0.39, 0.29) is 5.41 Å². The monoisotopic (exact) mass is 238 g/mol. The Morgan fingerprint density at radius 3 is 2.47 bits per heavy atom. The van der Waals surface area contributed by atoms with Gasteiger partial charge < -0.3 is 4.74 Å². The molecule has 0 saturated heterocycles. The topological polar surface area (TPSA) is 9.23 Å². The number of ether oxygens (including phenoxy) is 1. The summed E-state index contributed by atoms with van der Waals surface area (Å²) in [7, 11) is 0. The summed E-state index contributed by atoms with van der Waals surface area (Å²) < 4.78 is 32.2. The van der Waals surface area contributed by atoms with Gasteiger partial charge in [0, 0.05) is 17.0 Å². The molecule has 1 unspecified atom stereocenters. The van der Waals surface area contributed by atoms with Crippen molar-refractivity contribution in [3.8, 4) is 5.75 Å². The maximum atomic E-state index is 13.4. The van der Waals surface area contributed by atoms with Gasteiger partial charge in [-0.05, 0) is 30.7 Å². The lowest BCUT2D eigenvalue weighted by Gasteiger charge is -2.36. The van der Waals surface area contributed by atoms with Crippen molar-refractivity contribution in [3.05, 3.63) is 29.3 Å². The van der Waals surface area contributed by atoms with Gasteiger partial charge in [-0.2, -0.15) is 0 Å². The Balaban J connectivity index is 2.12. The molecule has 2 aliphatic rings. The van der Waals surface area contributed by atoms with E-state index in [0.717, 1.165) is 18.4 Å². The van der Waals surface area contributed by atoms with Gasteiger partial charge in [-0.15, -0.1) is 0 Å². The first-order valence-corrected chi connectivity index (χ1v) is 6.15. The average molecular weight is 238 g/mol. The summed E-state index contributed by atoms with van der Waals surface area (Å²) in [4.78, 5) is 0. The number of rotatable bonds is 1. The summed E-state index contributed by atoms with van der Waals surface area (Å²) in [5.74, 6) is -0.347. The Bertz CT molecular complexity index is 464. The molecular formula is C14H16F2O. The third kappa shape index (κ3) is 1.55. The van der Waals surface area contributed by atoms with Crippen molar-refractivity contribution < 1.29 is 13.5 Å². The van der Waals surface area contributed by atoms with Crippen molar-refractivity contribution in [2.75, 3.05) is 6.61 Å². The largest absolute Gasteiger partial charge is 0.493 e. The smallest absolute Gasteiger partial charge is 0.162 e. The average Bonchev–Trinajstić information content (AvgIpc) is 3.01. The Kier molecular flexibility index (Phi) is 2.22. The molecule has 0 amide bonds. The molecular weight excluding hydrogens is 222 g/mol. The Hall–Kier alpha value is -1.12. The van der Waals surface area contributed by atoms with Gasteiger partial charge >= 0.3 is 0 Å². The zero-order chi connectivity index (χ0) is 12.2. The van der Waals surface area contributed by atoms with Gasteiger partial charge in [0.2, 0.25) is 0 Å². The molecule has 1 spiro atoms. The first kappa shape index (κ1) is 11.0. The molecule has 0 radical (unpaired) electrons. The van der Waals surface area contributed by atoms with Crippen LogP contribution in [0.4, 0.5) is 8.78 Å². The number of halogens is 2. The number of hydrogen-bond donors (Lipinski definition) is 0. The molecule has 1 saturated carbocycles. The lowest BCUT2D eigenvalue weighted by molar-refractivity contribution is 0.151. The standard InChI is InChI=1S/C14H16F2O/c1-8(2)13-9-5-10(15)11(16)6-12(9)17-7-14(13)3-4-14/h5-6,8,13H,3-4,7H2,1-2H3. The summed E-state index contributed by atoms with van der Waals surface area (Å²) in [5.41, 5.74) is 1.04. The van der Waals surface area contributed by atoms with E-state index in [2.05, 4.69) is 13.8 Å². The van der Waals surface area contributed by atoms with E-state index in [1.165, 1.54) is 12.1 Å². The van der Waals surface area contributed by atoms with Gasteiger partial charge in [0.25, 0.3) is 0 Å². The minimum Gasteiger partial charge on any atom is -0.493 e. The minimum atomic E-state index is -0.821. The first-order chi connectivity index (χ1) is 8.03. The summed E-state index contributed by atoms with van der Waals surface area (Å²) in [6, 6.07) is 2.52. The maximum absolute atomic E-state index is 13.4. The minimum absolute atomic E-state index is 0.186. The Labute approximate surface area is 99.8 Å². The molecule has 1 aromatic rings. The van der Waals surface area contributed by atoms with E-state index >= 15 is 0 Å². The second-order valence-electron chi connectivity index (χ2n) is 5.68. The van der Waals surface area contributed by atoms with E-state index in [4.69, 9.17) is 4.74 Å². The van der Waals surface area contributed by atoms with Crippen LogP contribution in [-0.2, 0) is 0 Å². The van der Waals surface area contributed by atoms with Crippen molar-refractivity contribution in [1.82, 2.24) is 0 Å². The van der Waals surface area contributed by atoms with Crippen molar-refractivity contribution >= 4 is 0 Å². The zero-order valence-corrected chi connectivity index (χ0v) is 10.1. The second-order valence-corrected chi connectivity index (χ2v) is 5.68. The highest BCUT2D eigenvalue weighted by molar-refractivity contribution is 5.42. The fourth-order valence-electron chi connectivity index (χ4n) is 3.24. The van der Waals surface area contributed by atoms with E-state index in [1.54, 1.807) is 0 Å². The molecule has 92 valence electrons. The van der Waals surface area contributed by atoms with Crippen LogP contribution in [0.25, 0.3) is 0 Å². The van der Waals surface area contributed by atoms with Crippen LogP contribution in [0, 0.1) is 23.0 Å². The fraction of sp³-hybridized carbons (Fsp3) is 0.571. The molecule has 1 aliphatic heterocycles. The summed E-state index contributed by atoms with van der Waals surface area (Å²) in [6.45, 7) is 4.93. The lowest BCUT2D eigenvalue weighted by Crippen LogP contribution is -2.31. The molecule has 0 aromatic heterocycles. The van der Waals surface area contributed by atoms with Crippen molar-refractivity contribution in [1.29, 1.82) is 0 Å². The van der Waals surface area contributed by atoms with Crippen LogP contribution >= 0.6 is 0 Å². The summed E-state index contributed by atoms with van der Waals surface area (Å²) >= 11 is 0. The molecule has 0 bridgehead atoms. The third-order valence-corrected chi connectivity index (χ3v) is 4.12. The lowest BCUT2D eigenvalue weighted by atomic mass is 9.74. The molecule has 17 heavy (non-hydrogen) atoms. The van der Waals surface area contributed by atoms with E-state index in [0.29, 0.717) is 24.2 Å². The van der Waals surface area contributed by atoms with Gasteiger partial charge in [-0.3, -0.25) is 0 Å². The van der Waals surface area contributed by atoms with E-state index in [1.807, 2.05) is 0 Å².